The van der Waals surface area contributed by atoms with Gasteiger partial charge in [0.25, 0.3) is 0 Å². The Kier molecular flexibility index (Phi) is 5.78. The van der Waals surface area contributed by atoms with E-state index in [4.69, 9.17) is 10.1 Å². The summed E-state index contributed by atoms with van der Waals surface area (Å²) in [5.41, 5.74) is 3.11. The first-order valence-electron chi connectivity index (χ1n) is 9.09. The highest BCUT2D eigenvalue weighted by atomic mass is 16.5. The minimum atomic E-state index is 0.203. The molecule has 5 nitrogen and oxygen atoms in total. The van der Waals surface area contributed by atoms with E-state index in [-0.39, 0.29) is 5.75 Å². The third-order valence-electron chi connectivity index (χ3n) is 4.87. The molecule has 0 aliphatic carbocycles. The molecule has 0 saturated carbocycles. The van der Waals surface area contributed by atoms with Gasteiger partial charge in [-0.15, -0.1) is 0 Å². The highest BCUT2D eigenvalue weighted by Gasteiger charge is 2.20. The zero-order valence-electron chi connectivity index (χ0n) is 15.5. The second-order valence-corrected chi connectivity index (χ2v) is 6.80. The van der Waals surface area contributed by atoms with Gasteiger partial charge in [0, 0.05) is 38.3 Å². The van der Waals surface area contributed by atoms with E-state index in [1.54, 1.807) is 18.2 Å². The predicted octanol–water partition coefficient (Wildman–Crippen LogP) is 3.03. The molecular weight excluding hydrogens is 326 g/mol. The lowest BCUT2D eigenvalue weighted by Crippen LogP contribution is -2.49. The lowest BCUT2D eigenvalue weighted by molar-refractivity contribution is 0.153. The highest BCUT2D eigenvalue weighted by Crippen LogP contribution is 2.22. The molecule has 0 unspecified atom stereocenters. The van der Waals surface area contributed by atoms with Crippen LogP contribution in [0.1, 0.15) is 16.7 Å². The number of para-hydroxylation sites is 1. The lowest BCUT2D eigenvalue weighted by Gasteiger charge is -2.36. The average Bonchev–Trinajstić information content (AvgIpc) is 2.64. The van der Waals surface area contributed by atoms with E-state index < -0.39 is 0 Å². The van der Waals surface area contributed by atoms with E-state index in [1.807, 2.05) is 6.07 Å². The van der Waals surface area contributed by atoms with Gasteiger partial charge in [0.05, 0.1) is 0 Å². The summed E-state index contributed by atoms with van der Waals surface area (Å²) in [7, 11) is 0. The number of benzene rings is 2. The SMILES string of the molecule is Cc1cccc(C)c1OCCN1CCN(C(=N)c2cccc(O)c2)CC1. The molecular formula is C21H27N3O2. The molecule has 5 heteroatoms. The van der Waals surface area contributed by atoms with Crippen molar-refractivity contribution < 1.29 is 9.84 Å². The number of piperazine rings is 1. The van der Waals surface area contributed by atoms with Gasteiger partial charge in [0.2, 0.25) is 0 Å². The quantitative estimate of drug-likeness (QED) is 0.641. The molecule has 1 aliphatic rings. The molecule has 3 rings (SSSR count). The topological polar surface area (TPSA) is 59.8 Å². The summed E-state index contributed by atoms with van der Waals surface area (Å²) in [6.07, 6.45) is 0. The average molecular weight is 353 g/mol. The van der Waals surface area contributed by atoms with E-state index in [9.17, 15) is 5.11 Å². The minimum Gasteiger partial charge on any atom is -0.508 e. The van der Waals surface area contributed by atoms with Crippen LogP contribution in [0.3, 0.4) is 0 Å². The molecule has 0 spiro atoms. The van der Waals surface area contributed by atoms with Crippen LogP contribution in [0.15, 0.2) is 42.5 Å². The Hall–Kier alpha value is -2.53. The van der Waals surface area contributed by atoms with Crippen molar-refractivity contribution in [3.8, 4) is 11.5 Å². The summed E-state index contributed by atoms with van der Waals surface area (Å²) in [5.74, 6) is 1.68. The van der Waals surface area contributed by atoms with E-state index in [0.717, 1.165) is 44.0 Å². The van der Waals surface area contributed by atoms with Crippen molar-refractivity contribution in [1.82, 2.24) is 9.80 Å². The molecule has 138 valence electrons. The number of hydrogen-bond donors (Lipinski definition) is 2. The number of aryl methyl sites for hydroxylation is 2. The van der Waals surface area contributed by atoms with Crippen LogP contribution in [-0.2, 0) is 0 Å². The summed E-state index contributed by atoms with van der Waals surface area (Å²) >= 11 is 0. The summed E-state index contributed by atoms with van der Waals surface area (Å²) in [6, 6.07) is 13.1. The Morgan fingerprint density at radius 1 is 1.04 bits per heavy atom. The Labute approximate surface area is 155 Å². The molecule has 26 heavy (non-hydrogen) atoms. The van der Waals surface area contributed by atoms with E-state index >= 15 is 0 Å². The second-order valence-electron chi connectivity index (χ2n) is 6.80. The first-order valence-corrected chi connectivity index (χ1v) is 9.09. The molecule has 2 aromatic carbocycles. The summed E-state index contributed by atoms with van der Waals surface area (Å²) in [4.78, 5) is 4.44. The van der Waals surface area contributed by atoms with E-state index in [2.05, 4.69) is 41.8 Å². The molecule has 0 bridgehead atoms. The van der Waals surface area contributed by atoms with Crippen LogP contribution in [0.25, 0.3) is 0 Å². The first-order chi connectivity index (χ1) is 12.5. The molecule has 1 aliphatic heterocycles. The van der Waals surface area contributed by atoms with Crippen molar-refractivity contribution in [2.45, 2.75) is 13.8 Å². The van der Waals surface area contributed by atoms with Gasteiger partial charge in [-0.25, -0.2) is 0 Å². The fourth-order valence-corrected chi connectivity index (χ4v) is 3.33. The zero-order chi connectivity index (χ0) is 18.5. The van der Waals surface area contributed by atoms with Crippen molar-refractivity contribution in [3.05, 3.63) is 59.2 Å². The molecule has 2 N–H and O–H groups in total. The van der Waals surface area contributed by atoms with E-state index in [1.165, 1.54) is 11.1 Å². The van der Waals surface area contributed by atoms with Gasteiger partial charge < -0.3 is 14.7 Å². The molecule has 0 atom stereocenters. The van der Waals surface area contributed by atoms with Crippen molar-refractivity contribution in [3.63, 3.8) is 0 Å². The summed E-state index contributed by atoms with van der Waals surface area (Å²) in [6.45, 7) is 9.18. The van der Waals surface area contributed by atoms with Crippen molar-refractivity contribution in [1.29, 1.82) is 5.41 Å². The summed E-state index contributed by atoms with van der Waals surface area (Å²) in [5, 5.41) is 18.0. The second kappa shape index (κ2) is 8.23. The number of aromatic hydroxyl groups is 1. The molecule has 1 fully saturated rings. The number of phenols is 1. The Morgan fingerprint density at radius 2 is 1.69 bits per heavy atom. The number of hydrogen-bond acceptors (Lipinski definition) is 4. The van der Waals surface area contributed by atoms with E-state index in [0.29, 0.717) is 12.4 Å². The Morgan fingerprint density at radius 3 is 2.35 bits per heavy atom. The fourth-order valence-electron chi connectivity index (χ4n) is 3.33. The van der Waals surface area contributed by atoms with Gasteiger partial charge in [-0.1, -0.05) is 30.3 Å². The first kappa shape index (κ1) is 18.3. The monoisotopic (exact) mass is 353 g/mol. The van der Waals surface area contributed by atoms with Gasteiger partial charge in [0.15, 0.2) is 0 Å². The zero-order valence-corrected chi connectivity index (χ0v) is 15.5. The van der Waals surface area contributed by atoms with Gasteiger partial charge in [-0.3, -0.25) is 10.3 Å². The summed E-state index contributed by atoms with van der Waals surface area (Å²) < 4.78 is 6.00. The Bertz CT molecular complexity index is 747. The standard InChI is InChI=1S/C21H27N3O2/c1-16-5-3-6-17(2)20(16)26-14-13-23-9-11-24(12-10-23)21(22)18-7-4-8-19(25)15-18/h3-8,15,22,25H,9-14H2,1-2H3. The van der Waals surface area contributed by atoms with Gasteiger partial charge >= 0.3 is 0 Å². The molecule has 2 aromatic rings. The van der Waals surface area contributed by atoms with Crippen LogP contribution in [0.4, 0.5) is 0 Å². The maximum absolute atomic E-state index is 9.60. The molecule has 0 amide bonds. The minimum absolute atomic E-state index is 0.203. The predicted molar refractivity (Wildman–Crippen MR) is 104 cm³/mol. The van der Waals surface area contributed by atoms with Crippen molar-refractivity contribution in [2.24, 2.45) is 0 Å². The van der Waals surface area contributed by atoms with Crippen LogP contribution < -0.4 is 4.74 Å². The van der Waals surface area contributed by atoms with Crippen molar-refractivity contribution in [2.75, 3.05) is 39.3 Å². The largest absolute Gasteiger partial charge is 0.508 e. The Balaban J connectivity index is 1.46. The maximum atomic E-state index is 9.60. The lowest BCUT2D eigenvalue weighted by atomic mass is 10.1. The number of ether oxygens (including phenoxy) is 1. The van der Waals surface area contributed by atoms with Crippen LogP contribution in [-0.4, -0.2) is 60.1 Å². The van der Waals surface area contributed by atoms with Gasteiger partial charge in [-0.2, -0.15) is 0 Å². The van der Waals surface area contributed by atoms with Gasteiger partial charge in [-0.05, 0) is 37.1 Å². The van der Waals surface area contributed by atoms with Crippen molar-refractivity contribution >= 4 is 5.84 Å². The normalized spacial score (nSPS) is 15.1. The molecule has 0 radical (unpaired) electrons. The van der Waals surface area contributed by atoms with Gasteiger partial charge in [0.1, 0.15) is 23.9 Å². The third kappa shape index (κ3) is 4.35. The highest BCUT2D eigenvalue weighted by molar-refractivity contribution is 5.96. The number of nitrogens with one attached hydrogen (secondary N) is 1. The molecule has 0 aromatic heterocycles. The number of phenolic OH excluding ortho intramolecular Hbond substituents is 1. The van der Waals surface area contributed by atoms with Crippen LogP contribution in [0.5, 0.6) is 11.5 Å². The van der Waals surface area contributed by atoms with Crippen LogP contribution in [0, 0.1) is 19.3 Å². The number of rotatable bonds is 5. The maximum Gasteiger partial charge on any atom is 0.128 e. The molecule has 1 saturated heterocycles. The number of nitrogens with zero attached hydrogens (tertiary/aromatic N) is 2. The number of amidine groups is 1. The van der Waals surface area contributed by atoms with Crippen LogP contribution in [0.2, 0.25) is 0 Å². The molecule has 1 heterocycles. The van der Waals surface area contributed by atoms with Crippen LogP contribution >= 0.6 is 0 Å². The third-order valence-corrected chi connectivity index (χ3v) is 4.87. The smallest absolute Gasteiger partial charge is 0.128 e. The fraction of sp³-hybridized carbons (Fsp3) is 0.381.